The van der Waals surface area contributed by atoms with Crippen molar-refractivity contribution in [2.24, 2.45) is 11.8 Å². The van der Waals surface area contributed by atoms with Gasteiger partial charge in [-0.05, 0) is 18.3 Å². The molecule has 0 aliphatic carbocycles. The van der Waals surface area contributed by atoms with E-state index in [1.54, 1.807) is 0 Å². The van der Waals surface area contributed by atoms with Gasteiger partial charge in [-0.3, -0.25) is 9.80 Å². The molecule has 0 aromatic rings. The Balaban J connectivity index is 1.86. The number of nitrogens with zero attached hydrogens (tertiary/aromatic N) is 3. The minimum absolute atomic E-state index is 0.0674. The average Bonchev–Trinajstić information content (AvgIpc) is 2.37. The molecule has 0 aromatic carbocycles. The van der Waals surface area contributed by atoms with Crippen LogP contribution in [0.4, 0.5) is 8.78 Å². The molecule has 0 aromatic heterocycles. The number of likely N-dealkylation sites (tertiary alicyclic amines) is 1. The van der Waals surface area contributed by atoms with Gasteiger partial charge >= 0.3 is 0 Å². The molecular formula is C17H33F2N3. The predicted octanol–water partition coefficient (Wildman–Crippen LogP) is 2.63. The first kappa shape index (κ1) is 18.1. The van der Waals surface area contributed by atoms with Gasteiger partial charge in [0, 0.05) is 45.8 Å². The van der Waals surface area contributed by atoms with Gasteiger partial charge in [0.1, 0.15) is 0 Å². The van der Waals surface area contributed by atoms with Gasteiger partial charge in [-0.25, -0.2) is 8.78 Å². The van der Waals surface area contributed by atoms with Crippen LogP contribution in [0, 0.1) is 11.8 Å². The lowest BCUT2D eigenvalue weighted by Gasteiger charge is -2.46. The van der Waals surface area contributed by atoms with Crippen molar-refractivity contribution in [1.82, 2.24) is 14.7 Å². The standard InChI is InChI=1S/C17H33F2N3/c1-14(2)11-20-7-9-22(10-8-20)16-5-6-21(12-15(3)4)13-17(16,18)19/h14-16H,5-13H2,1-4H3. The van der Waals surface area contributed by atoms with E-state index < -0.39 is 12.0 Å². The van der Waals surface area contributed by atoms with Crippen LogP contribution in [0.5, 0.6) is 0 Å². The minimum atomic E-state index is -2.58. The molecule has 0 bridgehead atoms. The second-order valence-corrected chi connectivity index (χ2v) is 7.92. The van der Waals surface area contributed by atoms with E-state index in [0.29, 0.717) is 18.3 Å². The SMILES string of the molecule is CC(C)CN1CCN(C2CCN(CC(C)C)CC2(F)F)CC1. The summed E-state index contributed by atoms with van der Waals surface area (Å²) < 4.78 is 29.1. The third kappa shape index (κ3) is 4.87. The summed E-state index contributed by atoms with van der Waals surface area (Å²) in [4.78, 5) is 6.40. The fourth-order valence-electron chi connectivity index (χ4n) is 3.89. The van der Waals surface area contributed by atoms with Gasteiger partial charge in [0.05, 0.1) is 12.6 Å². The van der Waals surface area contributed by atoms with E-state index in [0.717, 1.165) is 45.8 Å². The van der Waals surface area contributed by atoms with Crippen molar-refractivity contribution in [3.8, 4) is 0 Å². The molecule has 0 amide bonds. The van der Waals surface area contributed by atoms with Crippen LogP contribution < -0.4 is 0 Å². The van der Waals surface area contributed by atoms with Gasteiger partial charge in [-0.15, -0.1) is 0 Å². The molecule has 0 saturated carbocycles. The summed E-state index contributed by atoms with van der Waals surface area (Å²) in [5.41, 5.74) is 0. The van der Waals surface area contributed by atoms with E-state index >= 15 is 0 Å². The molecule has 2 heterocycles. The molecule has 2 aliphatic heterocycles. The summed E-state index contributed by atoms with van der Waals surface area (Å²) >= 11 is 0. The molecule has 2 saturated heterocycles. The molecule has 3 nitrogen and oxygen atoms in total. The molecule has 2 rings (SSSR count). The number of alkyl halides is 2. The van der Waals surface area contributed by atoms with Gasteiger partial charge in [-0.1, -0.05) is 27.7 Å². The van der Waals surface area contributed by atoms with Crippen molar-refractivity contribution < 1.29 is 8.78 Å². The van der Waals surface area contributed by atoms with E-state index in [9.17, 15) is 8.78 Å². The summed E-state index contributed by atoms with van der Waals surface area (Å²) in [7, 11) is 0. The lowest BCUT2D eigenvalue weighted by Crippen LogP contribution is -2.62. The zero-order chi connectivity index (χ0) is 16.3. The van der Waals surface area contributed by atoms with Crippen LogP contribution in [-0.4, -0.2) is 79.0 Å². The maximum Gasteiger partial charge on any atom is 0.275 e. The zero-order valence-electron chi connectivity index (χ0n) is 14.7. The summed E-state index contributed by atoms with van der Waals surface area (Å²) in [6, 6.07) is -0.558. The van der Waals surface area contributed by atoms with E-state index in [2.05, 4.69) is 32.6 Å². The number of piperidine rings is 1. The normalized spacial score (nSPS) is 28.6. The fourth-order valence-corrected chi connectivity index (χ4v) is 3.89. The van der Waals surface area contributed by atoms with Crippen LogP contribution in [0.3, 0.4) is 0 Å². The Labute approximate surface area is 134 Å². The molecule has 0 N–H and O–H groups in total. The van der Waals surface area contributed by atoms with Crippen LogP contribution in [-0.2, 0) is 0 Å². The van der Waals surface area contributed by atoms with Crippen LogP contribution in [0.25, 0.3) is 0 Å². The van der Waals surface area contributed by atoms with Crippen LogP contribution >= 0.6 is 0 Å². The largest absolute Gasteiger partial charge is 0.301 e. The van der Waals surface area contributed by atoms with Crippen LogP contribution in [0.1, 0.15) is 34.1 Å². The highest BCUT2D eigenvalue weighted by atomic mass is 19.3. The number of halogens is 2. The van der Waals surface area contributed by atoms with Crippen LogP contribution in [0.15, 0.2) is 0 Å². The van der Waals surface area contributed by atoms with Crippen molar-refractivity contribution in [3.05, 3.63) is 0 Å². The Morgan fingerprint density at radius 2 is 1.41 bits per heavy atom. The highest BCUT2D eigenvalue weighted by Gasteiger charge is 2.47. The Morgan fingerprint density at radius 1 is 0.864 bits per heavy atom. The van der Waals surface area contributed by atoms with Gasteiger partial charge in [0.2, 0.25) is 0 Å². The monoisotopic (exact) mass is 317 g/mol. The number of rotatable bonds is 5. The molecule has 5 heteroatoms. The van der Waals surface area contributed by atoms with Gasteiger partial charge in [0.25, 0.3) is 5.92 Å². The lowest BCUT2D eigenvalue weighted by molar-refractivity contribution is -0.134. The number of piperazine rings is 1. The third-order valence-electron chi connectivity index (χ3n) is 4.74. The molecule has 130 valence electrons. The predicted molar refractivity (Wildman–Crippen MR) is 87.5 cm³/mol. The average molecular weight is 317 g/mol. The Hall–Kier alpha value is -0.260. The van der Waals surface area contributed by atoms with Crippen LogP contribution in [0.2, 0.25) is 0 Å². The lowest BCUT2D eigenvalue weighted by atomic mass is 9.97. The summed E-state index contributed by atoms with van der Waals surface area (Å²) in [5.74, 6) is -1.48. The molecule has 0 spiro atoms. The molecule has 22 heavy (non-hydrogen) atoms. The van der Waals surface area contributed by atoms with Crippen molar-refractivity contribution in [1.29, 1.82) is 0 Å². The second kappa shape index (κ2) is 7.54. The Bertz CT molecular complexity index is 339. The molecule has 0 radical (unpaired) electrons. The molecule has 2 aliphatic rings. The van der Waals surface area contributed by atoms with Gasteiger partial charge in [0.15, 0.2) is 0 Å². The number of hydrogen-bond acceptors (Lipinski definition) is 3. The number of hydrogen-bond donors (Lipinski definition) is 0. The van der Waals surface area contributed by atoms with E-state index in [-0.39, 0.29) is 6.54 Å². The Morgan fingerprint density at radius 3 is 1.91 bits per heavy atom. The second-order valence-electron chi connectivity index (χ2n) is 7.92. The summed E-state index contributed by atoms with van der Waals surface area (Å²) in [5, 5.41) is 0. The van der Waals surface area contributed by atoms with E-state index in [1.807, 2.05) is 9.80 Å². The van der Waals surface area contributed by atoms with Crippen molar-refractivity contribution >= 4 is 0 Å². The smallest absolute Gasteiger partial charge is 0.275 e. The first-order chi connectivity index (χ1) is 10.3. The maximum absolute atomic E-state index is 14.6. The zero-order valence-corrected chi connectivity index (χ0v) is 14.7. The van der Waals surface area contributed by atoms with Crippen molar-refractivity contribution in [3.63, 3.8) is 0 Å². The highest BCUT2D eigenvalue weighted by molar-refractivity contribution is 4.94. The molecule has 1 unspecified atom stereocenters. The van der Waals surface area contributed by atoms with Crippen molar-refractivity contribution in [2.45, 2.75) is 46.1 Å². The first-order valence-corrected chi connectivity index (χ1v) is 8.84. The third-order valence-corrected chi connectivity index (χ3v) is 4.74. The van der Waals surface area contributed by atoms with Gasteiger partial charge in [-0.2, -0.15) is 0 Å². The topological polar surface area (TPSA) is 9.72 Å². The van der Waals surface area contributed by atoms with E-state index in [4.69, 9.17) is 0 Å². The van der Waals surface area contributed by atoms with Crippen molar-refractivity contribution in [2.75, 3.05) is 52.4 Å². The first-order valence-electron chi connectivity index (χ1n) is 8.84. The maximum atomic E-state index is 14.6. The molecular weight excluding hydrogens is 284 g/mol. The summed E-state index contributed by atoms with van der Waals surface area (Å²) in [6.07, 6.45) is 0.601. The molecule has 1 atom stereocenters. The molecule has 2 fully saturated rings. The van der Waals surface area contributed by atoms with Gasteiger partial charge < -0.3 is 4.90 Å². The highest BCUT2D eigenvalue weighted by Crippen LogP contribution is 2.32. The summed E-state index contributed by atoms with van der Waals surface area (Å²) in [6.45, 7) is 14.7. The Kier molecular flexibility index (Phi) is 6.20. The van der Waals surface area contributed by atoms with E-state index in [1.165, 1.54) is 0 Å². The fraction of sp³-hybridized carbons (Fsp3) is 1.00. The quantitative estimate of drug-likeness (QED) is 0.772. The minimum Gasteiger partial charge on any atom is -0.301 e.